The van der Waals surface area contributed by atoms with Crippen LogP contribution in [0.25, 0.3) is 0 Å². The Bertz CT molecular complexity index is 1490. The summed E-state index contributed by atoms with van der Waals surface area (Å²) in [5.74, 6) is -3.38. The van der Waals surface area contributed by atoms with Crippen molar-refractivity contribution in [2.24, 2.45) is 5.16 Å². The number of rotatable bonds is 11. The standard InChI is InChI=1S/C24H26N6O10S2/c1-24(2,21(35)36)40-29-15(12-9-42-22(25)27-12)17(33)28-16-18(34)30-19(39-23(37)38)11(8-41-20(16)30)7-26-6-10-3-4-13(31)14(32)5-10/h3-5,9,16,20,26,31-32H,6-8H2,1-2H3,(H2,25,27)(H,28,33)(H,35,36)(H,37,38)/b29-15-/t16?,20-/m0/s1. The second-order valence-electron chi connectivity index (χ2n) is 9.48. The number of nitrogens with zero attached hydrogens (tertiary/aromatic N) is 3. The van der Waals surface area contributed by atoms with Gasteiger partial charge in [-0.25, -0.2) is 14.6 Å². The SMILES string of the molecule is CC(C)(O/N=C(\C(=O)NC1C(=O)N2C(OC(=O)O)=C(CNCc3ccc(O)c(O)c3)CS[C@@H]12)c1csc(N)n1)C(=O)O. The number of carboxylic acids is 1. The number of carbonyl (C=O) groups is 4. The minimum absolute atomic E-state index is 0.00113. The highest BCUT2D eigenvalue weighted by Crippen LogP contribution is 2.40. The molecule has 0 saturated carbocycles. The number of aromatic hydroxyl groups is 2. The molecule has 0 radical (unpaired) electrons. The highest BCUT2D eigenvalue weighted by molar-refractivity contribution is 8.00. The van der Waals surface area contributed by atoms with Crippen LogP contribution in [0.5, 0.6) is 11.5 Å². The molecule has 0 bridgehead atoms. The number of hydrogen-bond donors (Lipinski definition) is 7. The lowest BCUT2D eigenvalue weighted by Gasteiger charge is -2.49. The van der Waals surface area contributed by atoms with E-state index in [0.717, 1.165) is 16.2 Å². The molecule has 2 aliphatic rings. The van der Waals surface area contributed by atoms with Crippen LogP contribution in [-0.2, 0) is 30.5 Å². The van der Waals surface area contributed by atoms with Gasteiger partial charge in [-0.3, -0.25) is 14.5 Å². The van der Waals surface area contributed by atoms with Crippen LogP contribution in [-0.4, -0.2) is 89.3 Å². The van der Waals surface area contributed by atoms with E-state index in [1.165, 1.54) is 43.1 Å². The normalized spacial score (nSPS) is 18.7. The summed E-state index contributed by atoms with van der Waals surface area (Å²) in [4.78, 5) is 59.4. The number of phenolic OH excluding ortho intramolecular Hbond substituents is 2. The number of nitrogens with one attached hydrogen (secondary N) is 2. The van der Waals surface area contributed by atoms with Crippen LogP contribution < -0.4 is 16.4 Å². The van der Waals surface area contributed by atoms with E-state index in [4.69, 9.17) is 15.3 Å². The highest BCUT2D eigenvalue weighted by atomic mass is 32.2. The highest BCUT2D eigenvalue weighted by Gasteiger charge is 2.54. The molecule has 16 nitrogen and oxygen atoms in total. The second-order valence-corrected chi connectivity index (χ2v) is 11.5. The predicted molar refractivity (Wildman–Crippen MR) is 148 cm³/mol. The molecular weight excluding hydrogens is 596 g/mol. The van der Waals surface area contributed by atoms with Gasteiger partial charge < -0.3 is 46.4 Å². The number of nitrogen functional groups attached to an aromatic ring is 1. The molecule has 1 saturated heterocycles. The number of anilines is 1. The molecule has 2 atom stereocenters. The molecule has 1 fully saturated rings. The van der Waals surface area contributed by atoms with Gasteiger partial charge in [-0.05, 0) is 31.5 Å². The Morgan fingerprint density at radius 2 is 1.95 bits per heavy atom. The fourth-order valence-corrected chi connectivity index (χ4v) is 5.65. The molecule has 18 heteroatoms. The smallest absolute Gasteiger partial charge is 0.504 e. The fourth-order valence-electron chi connectivity index (χ4n) is 3.78. The maximum absolute atomic E-state index is 13.2. The second kappa shape index (κ2) is 12.1. The molecule has 0 aliphatic carbocycles. The third-order valence-electron chi connectivity index (χ3n) is 6.03. The van der Waals surface area contributed by atoms with Crippen LogP contribution in [0, 0.1) is 0 Å². The zero-order chi connectivity index (χ0) is 30.8. The van der Waals surface area contributed by atoms with Gasteiger partial charge in [-0.1, -0.05) is 11.2 Å². The van der Waals surface area contributed by atoms with Gasteiger partial charge in [0.2, 0.25) is 11.5 Å². The van der Waals surface area contributed by atoms with Crippen molar-refractivity contribution in [3.63, 3.8) is 0 Å². The molecule has 2 amide bonds. The number of ether oxygens (including phenoxy) is 1. The monoisotopic (exact) mass is 622 g/mol. The summed E-state index contributed by atoms with van der Waals surface area (Å²) >= 11 is 2.26. The largest absolute Gasteiger partial charge is 0.512 e. The Hall–Kier alpha value is -4.55. The van der Waals surface area contributed by atoms with Crippen LogP contribution in [0.3, 0.4) is 0 Å². The van der Waals surface area contributed by atoms with Crippen molar-refractivity contribution in [3.8, 4) is 11.5 Å². The number of aliphatic carboxylic acids is 1. The summed E-state index contributed by atoms with van der Waals surface area (Å²) in [5.41, 5.74) is 4.59. The Morgan fingerprint density at radius 1 is 1.21 bits per heavy atom. The molecule has 8 N–H and O–H groups in total. The van der Waals surface area contributed by atoms with Gasteiger partial charge in [0.25, 0.3) is 11.8 Å². The minimum Gasteiger partial charge on any atom is -0.504 e. The van der Waals surface area contributed by atoms with Crippen LogP contribution in [0.15, 0.2) is 40.2 Å². The van der Waals surface area contributed by atoms with Crippen molar-refractivity contribution in [2.75, 3.05) is 18.0 Å². The van der Waals surface area contributed by atoms with Crippen LogP contribution in [0.1, 0.15) is 25.1 Å². The van der Waals surface area contributed by atoms with Gasteiger partial charge in [0, 0.05) is 29.8 Å². The molecule has 42 heavy (non-hydrogen) atoms. The molecule has 1 aromatic carbocycles. The first-order valence-electron chi connectivity index (χ1n) is 12.1. The van der Waals surface area contributed by atoms with E-state index < -0.39 is 46.7 Å². The van der Waals surface area contributed by atoms with Crippen molar-refractivity contribution < 1.29 is 49.2 Å². The van der Waals surface area contributed by atoms with E-state index in [1.807, 2.05) is 0 Å². The number of nitrogens with two attached hydrogens (primary N) is 1. The van der Waals surface area contributed by atoms with E-state index in [9.17, 15) is 39.6 Å². The summed E-state index contributed by atoms with van der Waals surface area (Å²) in [5, 5.41) is 47.9. The Kier molecular flexibility index (Phi) is 8.78. The molecule has 3 heterocycles. The lowest BCUT2D eigenvalue weighted by Crippen LogP contribution is -2.70. The summed E-state index contributed by atoms with van der Waals surface area (Å²) < 4.78 is 4.96. The molecular formula is C24H26N6O10S2. The van der Waals surface area contributed by atoms with Crippen molar-refractivity contribution >= 4 is 57.9 Å². The van der Waals surface area contributed by atoms with E-state index >= 15 is 0 Å². The molecule has 224 valence electrons. The zero-order valence-electron chi connectivity index (χ0n) is 22.1. The van der Waals surface area contributed by atoms with Crippen LogP contribution in [0.2, 0.25) is 0 Å². The number of thioether (sulfide) groups is 1. The Balaban J connectivity index is 1.49. The lowest BCUT2D eigenvalue weighted by atomic mass is 10.1. The van der Waals surface area contributed by atoms with E-state index in [-0.39, 0.29) is 47.0 Å². The molecule has 1 aromatic heterocycles. The van der Waals surface area contributed by atoms with E-state index in [2.05, 4.69) is 20.8 Å². The molecule has 2 aliphatic heterocycles. The summed E-state index contributed by atoms with van der Waals surface area (Å²) in [6, 6.07) is 3.19. The first kappa shape index (κ1) is 30.4. The third kappa shape index (κ3) is 6.50. The van der Waals surface area contributed by atoms with Gasteiger partial charge in [0.05, 0.1) is 0 Å². The number of benzene rings is 1. The Morgan fingerprint density at radius 3 is 2.57 bits per heavy atom. The van der Waals surface area contributed by atoms with Crippen molar-refractivity contribution in [1.29, 1.82) is 0 Å². The molecule has 2 aromatic rings. The zero-order valence-corrected chi connectivity index (χ0v) is 23.7. The van der Waals surface area contributed by atoms with E-state index in [1.54, 1.807) is 6.07 Å². The molecule has 1 unspecified atom stereocenters. The summed E-state index contributed by atoms with van der Waals surface area (Å²) in [7, 11) is 0. The maximum Gasteiger partial charge on any atom is 0.512 e. The van der Waals surface area contributed by atoms with Gasteiger partial charge in [0.1, 0.15) is 17.1 Å². The minimum atomic E-state index is -1.78. The van der Waals surface area contributed by atoms with Gasteiger partial charge in [0.15, 0.2) is 22.3 Å². The van der Waals surface area contributed by atoms with Crippen molar-refractivity contribution in [3.05, 3.63) is 46.3 Å². The number of carbonyl (C=O) groups excluding carboxylic acids is 2. The number of oxime groups is 1. The Labute approximate surface area is 245 Å². The topological polar surface area (TPSA) is 246 Å². The average Bonchev–Trinajstić information content (AvgIpc) is 3.35. The van der Waals surface area contributed by atoms with E-state index in [0.29, 0.717) is 11.1 Å². The van der Waals surface area contributed by atoms with Gasteiger partial charge in [-0.2, -0.15) is 0 Å². The predicted octanol–water partition coefficient (Wildman–Crippen LogP) is 0.816. The number of aromatic nitrogens is 1. The number of β-lactam (4-membered cyclic amide) rings is 1. The first-order chi connectivity index (χ1) is 19.8. The molecule has 4 rings (SSSR count). The average molecular weight is 623 g/mol. The maximum atomic E-state index is 13.2. The number of fused-ring (bicyclic) bond motifs is 1. The number of hydrogen-bond acceptors (Lipinski definition) is 14. The molecule has 0 spiro atoms. The number of phenols is 2. The fraction of sp³-hybridized carbons (Fsp3) is 0.333. The number of amides is 2. The van der Waals surface area contributed by atoms with Gasteiger partial charge in [-0.15, -0.1) is 23.1 Å². The van der Waals surface area contributed by atoms with Gasteiger partial charge >= 0.3 is 12.1 Å². The summed E-state index contributed by atoms with van der Waals surface area (Å²) in [6.45, 7) is 2.84. The van der Waals surface area contributed by atoms with Crippen molar-refractivity contribution in [2.45, 2.75) is 37.4 Å². The van der Waals surface area contributed by atoms with Crippen LogP contribution >= 0.6 is 23.1 Å². The quantitative estimate of drug-likeness (QED) is 0.0603. The van der Waals surface area contributed by atoms with Crippen molar-refractivity contribution in [1.82, 2.24) is 20.5 Å². The first-order valence-corrected chi connectivity index (χ1v) is 14.0. The summed E-state index contributed by atoms with van der Waals surface area (Å²) in [6.07, 6.45) is -1.63. The third-order valence-corrected chi connectivity index (χ3v) is 8.04. The number of carboxylic acid groups (broad SMARTS) is 2. The number of thiazole rings is 1. The lowest BCUT2D eigenvalue weighted by molar-refractivity contribution is -0.161. The van der Waals surface area contributed by atoms with Crippen LogP contribution in [0.4, 0.5) is 9.93 Å².